The number of hydrogen-bond donors (Lipinski definition) is 3. The van der Waals surface area contributed by atoms with Crippen LogP contribution in [0.4, 0.5) is 5.00 Å². The second kappa shape index (κ2) is 8.84. The molecule has 2 aliphatic rings. The topological polar surface area (TPSA) is 118 Å². The lowest BCUT2D eigenvalue weighted by molar-refractivity contribution is -0.121. The van der Waals surface area contributed by atoms with Crippen molar-refractivity contribution in [2.24, 2.45) is 5.73 Å². The monoisotopic (exact) mass is 444 g/mol. The van der Waals surface area contributed by atoms with E-state index in [-0.39, 0.29) is 23.9 Å². The van der Waals surface area contributed by atoms with Gasteiger partial charge in [0.25, 0.3) is 11.8 Å². The van der Waals surface area contributed by atoms with Crippen LogP contribution in [0.2, 0.25) is 0 Å². The molecule has 0 radical (unpaired) electrons. The quantitative estimate of drug-likeness (QED) is 0.633. The molecule has 9 heteroatoms. The number of furan rings is 1. The number of amides is 3. The van der Waals surface area contributed by atoms with Crippen LogP contribution < -0.4 is 16.4 Å². The predicted octanol–water partition coefficient (Wildman–Crippen LogP) is 2.46. The van der Waals surface area contributed by atoms with E-state index in [1.54, 1.807) is 6.07 Å². The standard InChI is InChI=1S/C22H28N4O4S/c1-12-8-11-30-18(12)21(29)24-14-6-9-26(10-7-14)13(2)20(28)25-22-17(19(23)27)15-4-3-5-16(15)31-22/h8,11,13-14H,3-7,9-10H2,1-2H3,(H2,23,27)(H,24,29)(H,25,28). The van der Waals surface area contributed by atoms with Crippen LogP contribution in [0.3, 0.4) is 0 Å². The lowest BCUT2D eigenvalue weighted by Crippen LogP contribution is -2.50. The van der Waals surface area contributed by atoms with Gasteiger partial charge in [0.2, 0.25) is 5.91 Å². The molecule has 1 unspecified atom stereocenters. The molecule has 1 saturated heterocycles. The third-order valence-electron chi connectivity index (χ3n) is 6.26. The molecule has 0 bridgehead atoms. The van der Waals surface area contributed by atoms with Crippen LogP contribution in [0.15, 0.2) is 16.7 Å². The zero-order valence-electron chi connectivity index (χ0n) is 17.8. The maximum atomic E-state index is 12.9. The number of nitrogens with one attached hydrogen (secondary N) is 2. The predicted molar refractivity (Wildman–Crippen MR) is 118 cm³/mol. The highest BCUT2D eigenvalue weighted by molar-refractivity contribution is 7.17. The Balaban J connectivity index is 1.32. The van der Waals surface area contributed by atoms with Crippen molar-refractivity contribution in [3.63, 3.8) is 0 Å². The van der Waals surface area contributed by atoms with Gasteiger partial charge in [-0.05, 0) is 57.6 Å². The zero-order valence-corrected chi connectivity index (χ0v) is 18.6. The van der Waals surface area contributed by atoms with Gasteiger partial charge in [-0.3, -0.25) is 19.3 Å². The fraction of sp³-hybridized carbons (Fsp3) is 0.500. The van der Waals surface area contributed by atoms with Crippen LogP contribution in [0.5, 0.6) is 0 Å². The van der Waals surface area contributed by atoms with Gasteiger partial charge in [0.1, 0.15) is 5.00 Å². The lowest BCUT2D eigenvalue weighted by Gasteiger charge is -2.35. The minimum atomic E-state index is -0.481. The minimum Gasteiger partial charge on any atom is -0.459 e. The molecule has 4 N–H and O–H groups in total. The summed E-state index contributed by atoms with van der Waals surface area (Å²) < 4.78 is 5.26. The molecule has 2 aromatic heterocycles. The van der Waals surface area contributed by atoms with E-state index in [1.807, 2.05) is 13.8 Å². The molecule has 3 heterocycles. The van der Waals surface area contributed by atoms with Crippen LogP contribution in [-0.4, -0.2) is 47.8 Å². The number of rotatable bonds is 6. The van der Waals surface area contributed by atoms with Crippen molar-refractivity contribution < 1.29 is 18.8 Å². The summed E-state index contributed by atoms with van der Waals surface area (Å²) in [6, 6.07) is 1.47. The molecular weight excluding hydrogens is 416 g/mol. The van der Waals surface area contributed by atoms with Gasteiger partial charge < -0.3 is 20.8 Å². The van der Waals surface area contributed by atoms with Gasteiger partial charge in [-0.15, -0.1) is 11.3 Å². The summed E-state index contributed by atoms with van der Waals surface area (Å²) in [4.78, 5) is 40.4. The number of aryl methyl sites for hydroxylation is 2. The molecule has 3 amide bonds. The highest BCUT2D eigenvalue weighted by Crippen LogP contribution is 2.39. The molecule has 166 valence electrons. The number of hydrogen-bond acceptors (Lipinski definition) is 6. The minimum absolute atomic E-state index is 0.0465. The van der Waals surface area contributed by atoms with Gasteiger partial charge in [-0.2, -0.15) is 0 Å². The molecule has 31 heavy (non-hydrogen) atoms. The number of likely N-dealkylation sites (tertiary alicyclic amines) is 1. The van der Waals surface area contributed by atoms with Gasteiger partial charge in [0.15, 0.2) is 5.76 Å². The molecule has 8 nitrogen and oxygen atoms in total. The Morgan fingerprint density at radius 1 is 1.26 bits per heavy atom. The van der Waals surface area contributed by atoms with Crippen molar-refractivity contribution in [2.45, 2.75) is 58.0 Å². The molecule has 2 aromatic rings. The molecule has 4 rings (SSSR count). The van der Waals surface area contributed by atoms with E-state index < -0.39 is 5.91 Å². The van der Waals surface area contributed by atoms with E-state index in [2.05, 4.69) is 15.5 Å². The Morgan fingerprint density at radius 3 is 2.65 bits per heavy atom. The number of carbonyl (C=O) groups is 3. The van der Waals surface area contributed by atoms with Gasteiger partial charge in [-0.1, -0.05) is 0 Å². The first kappa shape index (κ1) is 21.6. The van der Waals surface area contributed by atoms with E-state index in [0.29, 0.717) is 29.4 Å². The van der Waals surface area contributed by atoms with E-state index in [4.69, 9.17) is 10.2 Å². The van der Waals surface area contributed by atoms with Crippen LogP contribution in [0, 0.1) is 6.92 Å². The average Bonchev–Trinajstić information content (AvgIpc) is 3.43. The number of thiophene rings is 1. The molecule has 1 fully saturated rings. The third-order valence-corrected chi connectivity index (χ3v) is 7.47. The number of nitrogens with two attached hydrogens (primary N) is 1. The molecule has 0 spiro atoms. The van der Waals surface area contributed by atoms with Crippen molar-refractivity contribution in [2.75, 3.05) is 18.4 Å². The highest BCUT2D eigenvalue weighted by atomic mass is 32.1. The summed E-state index contributed by atoms with van der Waals surface area (Å²) in [6.45, 7) is 5.10. The number of piperidine rings is 1. The summed E-state index contributed by atoms with van der Waals surface area (Å²) >= 11 is 1.47. The summed E-state index contributed by atoms with van der Waals surface area (Å²) in [7, 11) is 0. The first-order valence-corrected chi connectivity index (χ1v) is 11.5. The van der Waals surface area contributed by atoms with Gasteiger partial charge in [0.05, 0.1) is 17.9 Å². The number of anilines is 1. The first-order chi connectivity index (χ1) is 14.8. The summed E-state index contributed by atoms with van der Waals surface area (Å²) in [5, 5.41) is 6.54. The second-order valence-electron chi connectivity index (χ2n) is 8.31. The lowest BCUT2D eigenvalue weighted by atomic mass is 10.0. The van der Waals surface area contributed by atoms with Crippen molar-refractivity contribution in [1.82, 2.24) is 10.2 Å². The maximum Gasteiger partial charge on any atom is 0.287 e. The Labute approximate surface area is 185 Å². The Morgan fingerprint density at radius 2 is 2.00 bits per heavy atom. The SMILES string of the molecule is Cc1ccoc1C(=O)NC1CCN(C(C)C(=O)Nc2sc3c(c2C(N)=O)CCC3)CC1. The van der Waals surface area contributed by atoms with E-state index >= 15 is 0 Å². The zero-order chi connectivity index (χ0) is 22.1. The van der Waals surface area contributed by atoms with Crippen LogP contribution >= 0.6 is 11.3 Å². The molecule has 1 atom stereocenters. The Kier molecular flexibility index (Phi) is 6.15. The van der Waals surface area contributed by atoms with Gasteiger partial charge in [0, 0.05) is 29.6 Å². The first-order valence-electron chi connectivity index (χ1n) is 10.7. The van der Waals surface area contributed by atoms with E-state index in [1.165, 1.54) is 17.6 Å². The summed E-state index contributed by atoms with van der Waals surface area (Å²) in [5.41, 5.74) is 7.89. The fourth-order valence-corrected chi connectivity index (χ4v) is 5.72. The fourth-order valence-electron chi connectivity index (χ4n) is 4.42. The molecule has 0 saturated carbocycles. The van der Waals surface area contributed by atoms with Crippen molar-refractivity contribution >= 4 is 34.1 Å². The van der Waals surface area contributed by atoms with Crippen LogP contribution in [-0.2, 0) is 17.6 Å². The second-order valence-corrected chi connectivity index (χ2v) is 9.41. The highest BCUT2D eigenvalue weighted by Gasteiger charge is 2.31. The smallest absolute Gasteiger partial charge is 0.287 e. The number of primary amides is 1. The summed E-state index contributed by atoms with van der Waals surface area (Å²) in [5.74, 6) is -0.471. The van der Waals surface area contributed by atoms with E-state index in [0.717, 1.165) is 48.1 Å². The van der Waals surface area contributed by atoms with Gasteiger partial charge in [-0.25, -0.2) is 0 Å². The summed E-state index contributed by atoms with van der Waals surface area (Å²) in [6.07, 6.45) is 5.82. The maximum absolute atomic E-state index is 12.9. The van der Waals surface area contributed by atoms with Crippen LogP contribution in [0.1, 0.15) is 63.1 Å². The van der Waals surface area contributed by atoms with Crippen molar-refractivity contribution in [3.8, 4) is 0 Å². The number of nitrogens with zero attached hydrogens (tertiary/aromatic N) is 1. The van der Waals surface area contributed by atoms with Crippen molar-refractivity contribution in [3.05, 3.63) is 39.7 Å². The Hall–Kier alpha value is -2.65. The van der Waals surface area contributed by atoms with Crippen LogP contribution in [0.25, 0.3) is 0 Å². The van der Waals surface area contributed by atoms with E-state index in [9.17, 15) is 14.4 Å². The Bertz CT molecular complexity index is 1000. The number of carbonyl (C=O) groups excluding carboxylic acids is 3. The normalized spacial score (nSPS) is 17.9. The van der Waals surface area contributed by atoms with Crippen molar-refractivity contribution in [1.29, 1.82) is 0 Å². The average molecular weight is 445 g/mol. The molecule has 0 aromatic carbocycles. The number of fused-ring (bicyclic) bond motifs is 1. The third kappa shape index (κ3) is 4.38. The largest absolute Gasteiger partial charge is 0.459 e. The molecular formula is C22H28N4O4S. The molecule has 1 aliphatic carbocycles. The van der Waals surface area contributed by atoms with Gasteiger partial charge >= 0.3 is 0 Å². The molecule has 1 aliphatic heterocycles.